The number of hydrogen-bond acceptors (Lipinski definition) is 5. The predicted octanol–water partition coefficient (Wildman–Crippen LogP) is 0.430. The van der Waals surface area contributed by atoms with Gasteiger partial charge in [-0.05, 0) is 18.2 Å². The average Bonchev–Trinajstić information content (AvgIpc) is 2.95. The second kappa shape index (κ2) is 11.0. The fraction of sp³-hybridized carbons (Fsp3) is 0.333. The van der Waals surface area contributed by atoms with Crippen molar-refractivity contribution in [2.45, 2.75) is 32.7 Å². The zero-order valence-corrected chi connectivity index (χ0v) is 25.9. The fourth-order valence-corrected chi connectivity index (χ4v) is 3.16. The number of ketones is 2. The van der Waals surface area contributed by atoms with Gasteiger partial charge in [-0.15, -0.1) is 35.5 Å². The Morgan fingerprint density at radius 2 is 2.04 bits per heavy atom. The van der Waals surface area contributed by atoms with Gasteiger partial charge in [-0.3, -0.25) is 6.42 Å². The maximum Gasteiger partial charge on any atom is 0.124 e. The van der Waals surface area contributed by atoms with Gasteiger partial charge in [0.15, 0.2) is 0 Å². The van der Waals surface area contributed by atoms with Crippen molar-refractivity contribution in [1.82, 2.24) is 10.3 Å². The Hall–Kier alpha value is 1.83. The number of Topliss-reactive ketones (excluding diaryl/α,β-unsaturated/α-hetero) is 2. The van der Waals surface area contributed by atoms with Crippen LogP contribution in [0.3, 0.4) is 0 Å². The van der Waals surface area contributed by atoms with Crippen LogP contribution in [0, 0.1) is 6.42 Å². The van der Waals surface area contributed by atoms with Crippen molar-refractivity contribution in [1.29, 1.82) is 0 Å². The Labute approximate surface area is 224 Å². The van der Waals surface area contributed by atoms with Crippen molar-refractivity contribution in [3.8, 4) is 0 Å². The van der Waals surface area contributed by atoms with Crippen LogP contribution in [-0.2, 0) is 117 Å². The molecule has 4 nitrogen and oxygen atoms in total. The van der Waals surface area contributed by atoms with Gasteiger partial charge < -0.3 is 19.9 Å². The molecule has 1 N–H and O–H groups in total. The molecule has 1 aromatic heterocycles. The number of aromatic nitrogens is 1. The summed E-state index contributed by atoms with van der Waals surface area (Å²) in [4.78, 5) is 27.8. The van der Waals surface area contributed by atoms with Crippen LogP contribution >= 0.6 is 11.3 Å². The van der Waals surface area contributed by atoms with Gasteiger partial charge in [-0.25, -0.2) is 0 Å². The molecule has 1 unspecified atom stereocenters. The van der Waals surface area contributed by atoms with Gasteiger partial charge in [-0.2, -0.15) is 0 Å². The summed E-state index contributed by atoms with van der Waals surface area (Å²) in [5.74, 6) is -0.00456. The van der Waals surface area contributed by atoms with Gasteiger partial charge in [0.25, 0.3) is 0 Å². The number of rotatable bonds is 1. The molecule has 3 rings (SSSR count). The summed E-state index contributed by atoms with van der Waals surface area (Å²) in [7, 11) is 0. The summed E-state index contributed by atoms with van der Waals surface area (Å²) in [5.41, 5.74) is 1.75. The number of thiazole rings is 1. The molecule has 2 aliphatic rings. The summed E-state index contributed by atoms with van der Waals surface area (Å²) in [6.45, 7) is 5.20. The standard InChI is InChI=1S/C15H14N2O2S.2W.2Y/c1-8-6-11-13(7-12(8)19)20-14(16-11)10-4-5-15(3,17-10)9(2)18;;;;/h5-6,17H,4H2,1-3H3;;;;/q-2;;;;/b14-10+;;;;. The summed E-state index contributed by atoms with van der Waals surface area (Å²) in [6.07, 6.45) is 7.26. The van der Waals surface area contributed by atoms with E-state index in [9.17, 15) is 9.59 Å². The molecule has 122 valence electrons. The Morgan fingerprint density at radius 1 is 1.42 bits per heavy atom. The first-order valence-electron chi connectivity index (χ1n) is 6.39. The topological polar surface area (TPSA) is 59.1 Å². The Morgan fingerprint density at radius 3 is 2.58 bits per heavy atom. The minimum Gasteiger partial charge on any atom is -0.405 e. The van der Waals surface area contributed by atoms with Gasteiger partial charge >= 0.3 is 0 Å². The van der Waals surface area contributed by atoms with Crippen LogP contribution in [0.2, 0.25) is 0 Å². The second-order valence-corrected chi connectivity index (χ2v) is 6.28. The van der Waals surface area contributed by atoms with Crippen LogP contribution in [-0.4, -0.2) is 22.1 Å². The van der Waals surface area contributed by atoms with Crippen molar-refractivity contribution >= 4 is 40.8 Å². The normalized spacial score (nSPS) is 23.0. The van der Waals surface area contributed by atoms with E-state index < -0.39 is 5.54 Å². The first-order valence-corrected chi connectivity index (χ1v) is 7.21. The zero-order valence-electron chi connectivity index (χ0n) is 13.5. The molecule has 1 aromatic rings. The molecule has 1 atom stereocenters. The van der Waals surface area contributed by atoms with Gasteiger partial charge in [0.05, 0.1) is 5.78 Å². The number of nitrogens with one attached hydrogen (secondary N) is 1. The van der Waals surface area contributed by atoms with Gasteiger partial charge in [0.2, 0.25) is 0 Å². The van der Waals surface area contributed by atoms with Crippen LogP contribution < -0.4 is 14.5 Å². The third-order valence-electron chi connectivity index (χ3n) is 3.71. The second-order valence-electron chi connectivity index (χ2n) is 5.29. The maximum absolute atomic E-state index is 11.6. The van der Waals surface area contributed by atoms with Gasteiger partial charge in [0, 0.05) is 113 Å². The Balaban J connectivity index is 0. The molecule has 0 amide bonds. The summed E-state index contributed by atoms with van der Waals surface area (Å²) >= 11 is 1.43. The molecule has 0 aromatic carbocycles. The van der Waals surface area contributed by atoms with E-state index in [0.29, 0.717) is 12.0 Å². The monoisotopic (exact) mass is 832 g/mol. The van der Waals surface area contributed by atoms with E-state index in [4.69, 9.17) is 0 Å². The van der Waals surface area contributed by atoms with E-state index >= 15 is 0 Å². The molecule has 0 saturated carbocycles. The first-order chi connectivity index (χ1) is 9.39. The van der Waals surface area contributed by atoms with Crippen LogP contribution in [0.15, 0.2) is 5.57 Å². The average molecular weight is 832 g/mol. The molecule has 2 radical (unpaired) electrons. The van der Waals surface area contributed by atoms with E-state index in [1.165, 1.54) is 11.3 Å². The number of nitrogens with zero attached hydrogens (tertiary/aromatic N) is 1. The van der Waals surface area contributed by atoms with E-state index in [2.05, 4.69) is 16.4 Å². The molecule has 9 heteroatoms. The van der Waals surface area contributed by atoms with Gasteiger partial charge in [-0.1, -0.05) is 18.4 Å². The van der Waals surface area contributed by atoms with Crippen molar-refractivity contribution in [2.24, 2.45) is 0 Å². The van der Waals surface area contributed by atoms with Crippen molar-refractivity contribution in [3.05, 3.63) is 26.9 Å². The quantitative estimate of drug-likeness (QED) is 0.418. The molecule has 2 heterocycles. The minimum atomic E-state index is -0.615. The third kappa shape index (κ3) is 5.67. The molecule has 1 aliphatic heterocycles. The van der Waals surface area contributed by atoms with Crippen molar-refractivity contribution in [2.75, 3.05) is 0 Å². The zero-order chi connectivity index (χ0) is 14.5. The summed E-state index contributed by atoms with van der Waals surface area (Å²) in [5, 5.41) is 3.24. The molecule has 24 heavy (non-hydrogen) atoms. The third-order valence-corrected chi connectivity index (χ3v) is 4.75. The van der Waals surface area contributed by atoms with Crippen molar-refractivity contribution in [3.63, 3.8) is 0 Å². The Bertz CT molecular complexity index is 792. The minimum absolute atomic E-state index is 0. The fourth-order valence-electron chi connectivity index (χ4n) is 2.21. The molecular formula is C15H14N2O2SW2Y2-2. The van der Waals surface area contributed by atoms with Crippen LogP contribution in [0.1, 0.15) is 32.9 Å². The van der Waals surface area contributed by atoms with E-state index in [1.807, 2.05) is 13.3 Å². The molecular weight excluding hydrogens is 818 g/mol. The number of carbonyl (C=O) groups is 2. The largest absolute Gasteiger partial charge is 0.405 e. The first kappa shape index (κ1) is 28.0. The van der Waals surface area contributed by atoms with Crippen LogP contribution in [0.25, 0.3) is 17.8 Å². The van der Waals surface area contributed by atoms with Crippen LogP contribution in [0.4, 0.5) is 0 Å². The number of carbonyl (C=O) groups excluding carboxylic acids is 2. The number of hydrogen-bond donors (Lipinski definition) is 1. The predicted molar refractivity (Wildman–Crippen MR) is 78.0 cm³/mol. The smallest absolute Gasteiger partial charge is 0.124 e. The molecule has 0 bridgehead atoms. The van der Waals surface area contributed by atoms with Crippen molar-refractivity contribution < 1.29 is 117 Å². The molecule has 1 fully saturated rings. The molecule has 0 spiro atoms. The van der Waals surface area contributed by atoms with E-state index in [0.717, 1.165) is 20.6 Å². The summed E-state index contributed by atoms with van der Waals surface area (Å²) in [6, 6.07) is 0. The SMILES string of the molecule is CC(=O)C1(C)[CH-]C/C(=c2/nc3c(s2)=[C-]C(=O)C(C)=C3)N1.[W].[W].[Y].[Y]. The Kier molecular flexibility index (Phi) is 12.8. The summed E-state index contributed by atoms with van der Waals surface area (Å²) < 4.78 is 1.59. The number of fused-ring (bicyclic) bond motifs is 1. The van der Waals surface area contributed by atoms with Gasteiger partial charge in [0.1, 0.15) is 10.4 Å². The van der Waals surface area contributed by atoms with E-state index in [-0.39, 0.29) is 119 Å². The van der Waals surface area contributed by atoms with Crippen LogP contribution in [0.5, 0.6) is 0 Å². The molecule has 1 saturated heterocycles. The number of allylic oxidation sites excluding steroid dienone is 1. The van der Waals surface area contributed by atoms with E-state index in [1.54, 1.807) is 19.9 Å². The molecule has 1 aliphatic carbocycles. The maximum atomic E-state index is 11.6.